The molecule has 1 N–H and O–H groups in total. The van der Waals surface area contributed by atoms with Crippen molar-refractivity contribution in [1.82, 2.24) is 10.2 Å². The minimum atomic E-state index is 0.0178. The Labute approximate surface area is 176 Å². The molecule has 1 aromatic rings. The Morgan fingerprint density at radius 2 is 1.93 bits per heavy atom. The lowest BCUT2D eigenvalue weighted by atomic mass is 9.63. The van der Waals surface area contributed by atoms with Crippen LogP contribution in [0.5, 0.6) is 0 Å². The highest BCUT2D eigenvalue weighted by atomic mass is 16.5. The summed E-state index contributed by atoms with van der Waals surface area (Å²) in [5, 5.41) is 2.97. The Morgan fingerprint density at radius 1 is 1.21 bits per heavy atom. The van der Waals surface area contributed by atoms with Gasteiger partial charge >= 0.3 is 0 Å². The molecule has 4 nitrogen and oxygen atoms in total. The van der Waals surface area contributed by atoms with Gasteiger partial charge in [-0.2, -0.15) is 0 Å². The summed E-state index contributed by atoms with van der Waals surface area (Å²) in [6, 6.07) is 8.85. The molecule has 1 aliphatic heterocycles. The van der Waals surface area contributed by atoms with Gasteiger partial charge in [-0.3, -0.25) is 4.79 Å². The summed E-state index contributed by atoms with van der Waals surface area (Å²) in [5.74, 6) is 0.0178. The number of piperidine rings is 1. The summed E-state index contributed by atoms with van der Waals surface area (Å²) in [4.78, 5) is 14.6. The molecular formula is C25H38N2O2. The number of fused-ring (bicyclic) bond motifs is 2. The maximum atomic E-state index is 12.0. The molecule has 0 saturated carbocycles. The fourth-order valence-corrected chi connectivity index (χ4v) is 4.67. The van der Waals surface area contributed by atoms with Crippen LogP contribution in [0, 0.1) is 5.41 Å². The minimum Gasteiger partial charge on any atom is -0.384 e. The maximum absolute atomic E-state index is 12.0. The van der Waals surface area contributed by atoms with E-state index in [-0.39, 0.29) is 5.91 Å². The molecule has 0 unspecified atom stereocenters. The smallest absolute Gasteiger partial charge is 0.226 e. The maximum Gasteiger partial charge on any atom is 0.226 e. The summed E-state index contributed by atoms with van der Waals surface area (Å²) < 4.78 is 4.99. The molecule has 1 heterocycles. The highest BCUT2D eigenvalue weighted by Crippen LogP contribution is 2.48. The van der Waals surface area contributed by atoms with Crippen LogP contribution in [0.15, 0.2) is 30.5 Å². The third kappa shape index (κ3) is 5.70. The number of nitrogens with zero attached hydrogens (tertiary/aromatic N) is 1. The van der Waals surface area contributed by atoms with Crippen molar-refractivity contribution in [2.75, 3.05) is 33.4 Å². The first-order chi connectivity index (χ1) is 13.8. The van der Waals surface area contributed by atoms with Gasteiger partial charge in [0.2, 0.25) is 5.91 Å². The topological polar surface area (TPSA) is 41.6 Å². The van der Waals surface area contributed by atoms with E-state index in [0.717, 1.165) is 6.42 Å². The van der Waals surface area contributed by atoms with Crippen LogP contribution in [0.25, 0.3) is 5.57 Å². The van der Waals surface area contributed by atoms with Gasteiger partial charge < -0.3 is 15.0 Å². The standard InChI is InChI=1S/C25H38N2O2/c1-24(2,3)12-15-27-16-13-25(14-17-27)11-9-20(19-26-23(28)10-18-29-4)21-7-5-6-8-22(21)25/h5-8,19H,9-18H2,1-4H3,(H,26,28)/b20-19-. The van der Waals surface area contributed by atoms with E-state index in [9.17, 15) is 4.79 Å². The molecule has 1 spiro atoms. The van der Waals surface area contributed by atoms with Crippen LogP contribution in [0.3, 0.4) is 0 Å². The monoisotopic (exact) mass is 398 g/mol. The van der Waals surface area contributed by atoms with Crippen molar-refractivity contribution in [3.8, 4) is 0 Å². The van der Waals surface area contributed by atoms with Crippen molar-refractivity contribution in [3.05, 3.63) is 41.6 Å². The molecule has 0 bridgehead atoms. The molecule has 4 heteroatoms. The zero-order valence-electron chi connectivity index (χ0n) is 18.7. The molecule has 1 aromatic carbocycles. The normalized spacial score (nSPS) is 20.6. The zero-order valence-corrected chi connectivity index (χ0v) is 18.7. The van der Waals surface area contributed by atoms with E-state index in [2.05, 4.69) is 55.3 Å². The van der Waals surface area contributed by atoms with Crippen LogP contribution in [0.4, 0.5) is 0 Å². The number of hydrogen-bond acceptors (Lipinski definition) is 3. The van der Waals surface area contributed by atoms with E-state index in [4.69, 9.17) is 4.74 Å². The third-order valence-corrected chi connectivity index (χ3v) is 6.65. The average molecular weight is 399 g/mol. The number of ether oxygens (including phenoxy) is 1. The van der Waals surface area contributed by atoms with Crippen molar-refractivity contribution < 1.29 is 9.53 Å². The van der Waals surface area contributed by atoms with Crippen molar-refractivity contribution in [2.45, 2.75) is 64.7 Å². The summed E-state index contributed by atoms with van der Waals surface area (Å²) in [7, 11) is 1.62. The second-order valence-electron chi connectivity index (χ2n) is 9.96. The predicted octanol–water partition coefficient (Wildman–Crippen LogP) is 4.74. The molecule has 29 heavy (non-hydrogen) atoms. The summed E-state index contributed by atoms with van der Waals surface area (Å²) >= 11 is 0. The third-order valence-electron chi connectivity index (χ3n) is 6.65. The highest BCUT2D eigenvalue weighted by molar-refractivity contribution is 5.80. The fraction of sp³-hybridized carbons (Fsp3) is 0.640. The Kier molecular flexibility index (Phi) is 7.18. The molecule has 160 valence electrons. The van der Waals surface area contributed by atoms with E-state index < -0.39 is 0 Å². The Balaban J connectivity index is 1.69. The molecule has 1 amide bonds. The van der Waals surface area contributed by atoms with Gasteiger partial charge in [-0.05, 0) is 79.3 Å². The van der Waals surface area contributed by atoms with Gasteiger partial charge in [0, 0.05) is 13.3 Å². The number of likely N-dealkylation sites (tertiary alicyclic amines) is 1. The zero-order chi connectivity index (χ0) is 20.9. The molecule has 1 fully saturated rings. The van der Waals surface area contributed by atoms with Crippen molar-refractivity contribution in [2.24, 2.45) is 5.41 Å². The Bertz CT molecular complexity index is 725. The SMILES string of the molecule is COCCC(=O)N/C=C1/CCC2(CCN(CCC(C)(C)C)CC2)c2ccccc21. The number of allylic oxidation sites excluding steroid dienone is 1. The van der Waals surface area contributed by atoms with Crippen LogP contribution < -0.4 is 5.32 Å². The molecule has 0 radical (unpaired) electrons. The number of carbonyl (C=O) groups excluding carboxylic acids is 1. The summed E-state index contributed by atoms with van der Waals surface area (Å²) in [6.45, 7) is 11.0. The van der Waals surface area contributed by atoms with Gasteiger partial charge in [-0.25, -0.2) is 0 Å². The van der Waals surface area contributed by atoms with Gasteiger partial charge in [0.25, 0.3) is 0 Å². The number of nitrogens with one attached hydrogen (secondary N) is 1. The molecule has 1 aliphatic carbocycles. The number of amides is 1. The second kappa shape index (κ2) is 9.44. The number of carbonyl (C=O) groups is 1. The van der Waals surface area contributed by atoms with Crippen molar-refractivity contribution in [1.29, 1.82) is 0 Å². The van der Waals surface area contributed by atoms with Gasteiger partial charge in [0.1, 0.15) is 0 Å². The molecular weight excluding hydrogens is 360 g/mol. The van der Waals surface area contributed by atoms with E-state index >= 15 is 0 Å². The first-order valence-corrected chi connectivity index (χ1v) is 11.1. The lowest BCUT2D eigenvalue weighted by molar-refractivity contribution is -0.121. The van der Waals surface area contributed by atoms with Gasteiger partial charge in [-0.1, -0.05) is 45.0 Å². The number of hydrogen-bond donors (Lipinski definition) is 1. The Morgan fingerprint density at radius 3 is 2.62 bits per heavy atom. The van der Waals surface area contributed by atoms with Crippen LogP contribution in [-0.4, -0.2) is 44.2 Å². The molecule has 3 rings (SSSR count). The fourth-order valence-electron chi connectivity index (χ4n) is 4.67. The number of benzene rings is 1. The molecule has 0 atom stereocenters. The molecule has 1 saturated heterocycles. The lowest BCUT2D eigenvalue weighted by Gasteiger charge is -2.46. The van der Waals surface area contributed by atoms with Crippen LogP contribution in [0.1, 0.15) is 70.4 Å². The van der Waals surface area contributed by atoms with Crippen LogP contribution in [0.2, 0.25) is 0 Å². The van der Waals surface area contributed by atoms with E-state index in [1.54, 1.807) is 7.11 Å². The first-order valence-electron chi connectivity index (χ1n) is 11.1. The van der Waals surface area contributed by atoms with E-state index in [0.29, 0.717) is 23.9 Å². The number of rotatable bonds is 6. The Hall–Kier alpha value is -1.65. The minimum absolute atomic E-state index is 0.0178. The summed E-state index contributed by atoms with van der Waals surface area (Å²) in [5.41, 5.74) is 4.77. The van der Waals surface area contributed by atoms with E-state index in [1.807, 2.05) is 6.20 Å². The molecule has 2 aliphatic rings. The van der Waals surface area contributed by atoms with Crippen LogP contribution in [-0.2, 0) is 14.9 Å². The van der Waals surface area contributed by atoms with Crippen molar-refractivity contribution >= 4 is 11.5 Å². The van der Waals surface area contributed by atoms with Gasteiger partial charge in [-0.15, -0.1) is 0 Å². The average Bonchev–Trinajstić information content (AvgIpc) is 2.71. The largest absolute Gasteiger partial charge is 0.384 e. The predicted molar refractivity (Wildman–Crippen MR) is 120 cm³/mol. The summed E-state index contributed by atoms with van der Waals surface area (Å²) in [6.07, 6.45) is 8.27. The highest BCUT2D eigenvalue weighted by Gasteiger charge is 2.40. The first kappa shape index (κ1) is 22.0. The van der Waals surface area contributed by atoms with Gasteiger partial charge in [0.05, 0.1) is 13.0 Å². The molecule has 0 aromatic heterocycles. The van der Waals surface area contributed by atoms with E-state index in [1.165, 1.54) is 62.0 Å². The van der Waals surface area contributed by atoms with Gasteiger partial charge in [0.15, 0.2) is 0 Å². The number of methoxy groups -OCH3 is 1. The quantitative estimate of drug-likeness (QED) is 0.752. The van der Waals surface area contributed by atoms with Crippen molar-refractivity contribution in [3.63, 3.8) is 0 Å². The second-order valence-corrected chi connectivity index (χ2v) is 9.96. The van der Waals surface area contributed by atoms with Crippen LogP contribution >= 0.6 is 0 Å². The lowest BCUT2D eigenvalue weighted by Crippen LogP contribution is -2.45.